The standard InChI is InChI=1S/C16H16ClFN2O/c1-19-16(21)13-5-2-11(3-6-13)9-20-10-12-4-7-15(18)14(17)8-12/h2-8,20H,9-10H2,1H3,(H,19,21). The summed E-state index contributed by atoms with van der Waals surface area (Å²) >= 11 is 5.73. The largest absolute Gasteiger partial charge is 0.355 e. The van der Waals surface area contributed by atoms with E-state index in [2.05, 4.69) is 10.6 Å². The Balaban J connectivity index is 1.88. The first-order chi connectivity index (χ1) is 10.1. The van der Waals surface area contributed by atoms with Gasteiger partial charge in [0.25, 0.3) is 5.91 Å². The predicted molar refractivity (Wildman–Crippen MR) is 81.8 cm³/mol. The zero-order valence-corrected chi connectivity index (χ0v) is 12.4. The molecule has 0 bridgehead atoms. The summed E-state index contributed by atoms with van der Waals surface area (Å²) in [6, 6.07) is 12.0. The number of benzene rings is 2. The number of carbonyl (C=O) groups is 1. The Bertz CT molecular complexity index is 629. The SMILES string of the molecule is CNC(=O)c1ccc(CNCc2ccc(F)c(Cl)c2)cc1. The van der Waals surface area contributed by atoms with Gasteiger partial charge >= 0.3 is 0 Å². The van der Waals surface area contributed by atoms with Gasteiger partial charge < -0.3 is 10.6 Å². The topological polar surface area (TPSA) is 41.1 Å². The Morgan fingerprint density at radius 3 is 2.33 bits per heavy atom. The van der Waals surface area contributed by atoms with E-state index in [-0.39, 0.29) is 10.9 Å². The lowest BCUT2D eigenvalue weighted by molar-refractivity contribution is 0.0963. The summed E-state index contributed by atoms with van der Waals surface area (Å²) in [7, 11) is 1.60. The Morgan fingerprint density at radius 2 is 1.71 bits per heavy atom. The number of nitrogens with one attached hydrogen (secondary N) is 2. The summed E-state index contributed by atoms with van der Waals surface area (Å²) in [6.07, 6.45) is 0. The van der Waals surface area contributed by atoms with Gasteiger partial charge in [0.2, 0.25) is 0 Å². The molecular weight excluding hydrogens is 291 g/mol. The monoisotopic (exact) mass is 306 g/mol. The van der Waals surface area contributed by atoms with Crippen LogP contribution >= 0.6 is 11.6 Å². The van der Waals surface area contributed by atoms with Crippen LogP contribution in [0.1, 0.15) is 21.5 Å². The lowest BCUT2D eigenvalue weighted by Gasteiger charge is -2.07. The zero-order valence-electron chi connectivity index (χ0n) is 11.6. The Labute approximate surface area is 128 Å². The first-order valence-electron chi connectivity index (χ1n) is 6.56. The van der Waals surface area contributed by atoms with Crippen LogP contribution in [0.3, 0.4) is 0 Å². The summed E-state index contributed by atoms with van der Waals surface area (Å²) < 4.78 is 13.0. The highest BCUT2D eigenvalue weighted by Crippen LogP contribution is 2.16. The van der Waals surface area contributed by atoms with Gasteiger partial charge in [-0.15, -0.1) is 0 Å². The molecule has 0 fully saturated rings. The molecular formula is C16H16ClFN2O. The van der Waals surface area contributed by atoms with E-state index in [9.17, 15) is 9.18 Å². The number of halogens is 2. The van der Waals surface area contributed by atoms with Crippen molar-refractivity contribution in [3.05, 3.63) is 70.0 Å². The minimum absolute atomic E-state index is 0.101. The van der Waals surface area contributed by atoms with E-state index in [1.54, 1.807) is 31.3 Å². The smallest absolute Gasteiger partial charge is 0.251 e. The van der Waals surface area contributed by atoms with Crippen molar-refractivity contribution in [1.29, 1.82) is 0 Å². The first kappa shape index (κ1) is 15.5. The third-order valence-corrected chi connectivity index (χ3v) is 3.38. The van der Waals surface area contributed by atoms with Crippen LogP contribution in [0.4, 0.5) is 4.39 Å². The minimum Gasteiger partial charge on any atom is -0.355 e. The van der Waals surface area contributed by atoms with Crippen LogP contribution < -0.4 is 10.6 Å². The lowest BCUT2D eigenvalue weighted by atomic mass is 10.1. The fourth-order valence-corrected chi connectivity index (χ4v) is 2.12. The minimum atomic E-state index is -0.412. The maximum Gasteiger partial charge on any atom is 0.251 e. The molecule has 0 radical (unpaired) electrons. The van der Waals surface area contributed by atoms with Crippen LogP contribution in [0.2, 0.25) is 5.02 Å². The number of hydrogen-bond acceptors (Lipinski definition) is 2. The van der Waals surface area contributed by atoms with E-state index in [0.717, 1.165) is 11.1 Å². The number of rotatable bonds is 5. The molecule has 0 aromatic heterocycles. The predicted octanol–water partition coefficient (Wildman–Crippen LogP) is 3.13. The maximum atomic E-state index is 13.0. The fourth-order valence-electron chi connectivity index (χ4n) is 1.92. The molecule has 3 nitrogen and oxygen atoms in total. The molecule has 0 heterocycles. The molecule has 2 aromatic rings. The summed E-state index contributed by atoms with van der Waals surface area (Å²) in [5, 5.41) is 5.95. The van der Waals surface area contributed by atoms with E-state index < -0.39 is 5.82 Å². The van der Waals surface area contributed by atoms with Gasteiger partial charge in [0.15, 0.2) is 0 Å². The average Bonchev–Trinajstić information content (AvgIpc) is 2.51. The van der Waals surface area contributed by atoms with Crippen molar-refractivity contribution in [3.8, 4) is 0 Å². The van der Waals surface area contributed by atoms with Crippen LogP contribution in [-0.2, 0) is 13.1 Å². The second-order valence-electron chi connectivity index (χ2n) is 4.63. The normalized spacial score (nSPS) is 10.4. The molecule has 2 N–H and O–H groups in total. The van der Waals surface area contributed by atoms with Gasteiger partial charge in [0, 0.05) is 25.7 Å². The van der Waals surface area contributed by atoms with E-state index in [1.807, 2.05) is 12.1 Å². The van der Waals surface area contributed by atoms with Crippen molar-refractivity contribution in [2.75, 3.05) is 7.05 Å². The molecule has 0 aliphatic rings. The molecule has 0 saturated carbocycles. The molecule has 5 heteroatoms. The van der Waals surface area contributed by atoms with E-state index in [1.165, 1.54) is 6.07 Å². The highest BCUT2D eigenvalue weighted by Gasteiger charge is 2.03. The van der Waals surface area contributed by atoms with Crippen molar-refractivity contribution in [1.82, 2.24) is 10.6 Å². The van der Waals surface area contributed by atoms with Gasteiger partial charge in [-0.1, -0.05) is 29.8 Å². The molecule has 0 unspecified atom stereocenters. The molecule has 110 valence electrons. The maximum absolute atomic E-state index is 13.0. The van der Waals surface area contributed by atoms with Gasteiger partial charge in [0.1, 0.15) is 5.82 Å². The fraction of sp³-hybridized carbons (Fsp3) is 0.188. The Morgan fingerprint density at radius 1 is 1.10 bits per heavy atom. The van der Waals surface area contributed by atoms with Gasteiger partial charge in [0.05, 0.1) is 5.02 Å². The third kappa shape index (κ3) is 4.28. The van der Waals surface area contributed by atoms with Gasteiger partial charge in [-0.25, -0.2) is 4.39 Å². The van der Waals surface area contributed by atoms with Crippen molar-refractivity contribution >= 4 is 17.5 Å². The quantitative estimate of drug-likeness (QED) is 0.891. The molecule has 2 aromatic carbocycles. The highest BCUT2D eigenvalue weighted by molar-refractivity contribution is 6.30. The molecule has 2 rings (SSSR count). The number of amides is 1. The number of carbonyl (C=O) groups excluding carboxylic acids is 1. The molecule has 0 atom stereocenters. The summed E-state index contributed by atoms with van der Waals surface area (Å²) in [5.41, 5.74) is 2.62. The van der Waals surface area contributed by atoms with Crippen LogP contribution in [0.25, 0.3) is 0 Å². The van der Waals surface area contributed by atoms with Gasteiger partial charge in [-0.2, -0.15) is 0 Å². The Hall–Kier alpha value is -1.91. The first-order valence-corrected chi connectivity index (χ1v) is 6.93. The molecule has 1 amide bonds. The van der Waals surface area contributed by atoms with Gasteiger partial charge in [-0.3, -0.25) is 4.79 Å². The zero-order chi connectivity index (χ0) is 15.2. The van der Waals surface area contributed by atoms with E-state index >= 15 is 0 Å². The average molecular weight is 307 g/mol. The van der Waals surface area contributed by atoms with E-state index in [4.69, 9.17) is 11.6 Å². The van der Waals surface area contributed by atoms with Crippen LogP contribution in [0, 0.1) is 5.82 Å². The van der Waals surface area contributed by atoms with Crippen LogP contribution in [-0.4, -0.2) is 13.0 Å². The Kier molecular flexibility index (Phi) is 5.31. The van der Waals surface area contributed by atoms with Crippen molar-refractivity contribution in [2.24, 2.45) is 0 Å². The highest BCUT2D eigenvalue weighted by atomic mass is 35.5. The molecule has 0 aliphatic heterocycles. The lowest BCUT2D eigenvalue weighted by Crippen LogP contribution is -2.18. The molecule has 0 spiro atoms. The van der Waals surface area contributed by atoms with Crippen LogP contribution in [0.5, 0.6) is 0 Å². The molecule has 0 aliphatic carbocycles. The van der Waals surface area contributed by atoms with Crippen LogP contribution in [0.15, 0.2) is 42.5 Å². The second kappa shape index (κ2) is 7.20. The van der Waals surface area contributed by atoms with Crippen molar-refractivity contribution in [2.45, 2.75) is 13.1 Å². The third-order valence-electron chi connectivity index (χ3n) is 3.09. The van der Waals surface area contributed by atoms with Crippen molar-refractivity contribution < 1.29 is 9.18 Å². The molecule has 21 heavy (non-hydrogen) atoms. The second-order valence-corrected chi connectivity index (χ2v) is 5.04. The summed E-state index contributed by atoms with van der Waals surface area (Å²) in [5.74, 6) is -0.513. The number of hydrogen-bond donors (Lipinski definition) is 2. The molecule has 0 saturated heterocycles. The van der Waals surface area contributed by atoms with E-state index in [0.29, 0.717) is 18.7 Å². The summed E-state index contributed by atoms with van der Waals surface area (Å²) in [4.78, 5) is 11.4. The van der Waals surface area contributed by atoms with Gasteiger partial charge in [-0.05, 0) is 35.4 Å². The van der Waals surface area contributed by atoms with Crippen molar-refractivity contribution in [3.63, 3.8) is 0 Å². The summed E-state index contributed by atoms with van der Waals surface area (Å²) in [6.45, 7) is 1.25.